The maximum Gasteiger partial charge on any atom is 0.127 e. The molecule has 120 valence electrons. The lowest BCUT2D eigenvalue weighted by atomic mass is 10.1. The van der Waals surface area contributed by atoms with Gasteiger partial charge >= 0.3 is 0 Å². The Morgan fingerprint density at radius 2 is 1.86 bits per heavy atom. The van der Waals surface area contributed by atoms with E-state index in [0.717, 1.165) is 23.3 Å². The summed E-state index contributed by atoms with van der Waals surface area (Å²) in [7, 11) is 0. The predicted octanol–water partition coefficient (Wildman–Crippen LogP) is 5.58. The standard InChI is InChI=1S/C19H25ClO2/c1-13(2)22-17-6-5-16-9-15(4)10-19(18(16)11-17)21-12-14(3)7-8-20/h5-6,9-11,13-14H,7-8,12H2,1-4H3. The number of rotatable bonds is 7. The summed E-state index contributed by atoms with van der Waals surface area (Å²) in [5.41, 5.74) is 1.20. The fraction of sp³-hybridized carbons (Fsp3) is 0.474. The average molecular weight is 321 g/mol. The van der Waals surface area contributed by atoms with Crippen LogP contribution < -0.4 is 9.47 Å². The van der Waals surface area contributed by atoms with Crippen molar-refractivity contribution in [2.75, 3.05) is 12.5 Å². The number of alkyl halides is 1. The second-order valence-corrected chi connectivity index (χ2v) is 6.58. The van der Waals surface area contributed by atoms with Gasteiger partial charge in [0.25, 0.3) is 0 Å². The Balaban J connectivity index is 2.29. The molecular formula is C19H25ClO2. The van der Waals surface area contributed by atoms with E-state index in [1.165, 1.54) is 10.9 Å². The van der Waals surface area contributed by atoms with Crippen molar-refractivity contribution < 1.29 is 9.47 Å². The molecule has 0 spiro atoms. The van der Waals surface area contributed by atoms with E-state index in [2.05, 4.69) is 38.1 Å². The van der Waals surface area contributed by atoms with Gasteiger partial charge in [-0.25, -0.2) is 0 Å². The summed E-state index contributed by atoms with van der Waals surface area (Å²) < 4.78 is 11.9. The van der Waals surface area contributed by atoms with Crippen LogP contribution >= 0.6 is 11.6 Å². The number of benzene rings is 2. The van der Waals surface area contributed by atoms with Crippen LogP contribution in [0.3, 0.4) is 0 Å². The molecule has 0 radical (unpaired) electrons. The number of halogens is 1. The van der Waals surface area contributed by atoms with E-state index < -0.39 is 0 Å². The van der Waals surface area contributed by atoms with Crippen LogP contribution in [0.4, 0.5) is 0 Å². The highest BCUT2D eigenvalue weighted by molar-refractivity contribution is 6.17. The van der Waals surface area contributed by atoms with Crippen LogP contribution in [-0.4, -0.2) is 18.6 Å². The summed E-state index contributed by atoms with van der Waals surface area (Å²) in [6, 6.07) is 10.4. The third-order valence-corrected chi connectivity index (χ3v) is 3.75. The summed E-state index contributed by atoms with van der Waals surface area (Å²) in [5, 5.41) is 2.28. The lowest BCUT2D eigenvalue weighted by molar-refractivity contribution is 0.242. The maximum atomic E-state index is 6.06. The second kappa shape index (κ2) is 7.73. The van der Waals surface area contributed by atoms with E-state index in [1.54, 1.807) is 0 Å². The molecule has 2 nitrogen and oxygen atoms in total. The molecule has 0 aromatic heterocycles. The molecule has 0 amide bonds. The zero-order chi connectivity index (χ0) is 16.1. The van der Waals surface area contributed by atoms with Gasteiger partial charge in [-0.1, -0.05) is 19.1 Å². The Hall–Kier alpha value is -1.41. The van der Waals surface area contributed by atoms with Gasteiger partial charge in [0.1, 0.15) is 11.5 Å². The molecule has 0 N–H and O–H groups in total. The first-order valence-electron chi connectivity index (χ1n) is 7.89. The third kappa shape index (κ3) is 4.54. The van der Waals surface area contributed by atoms with Crippen LogP contribution in [0.25, 0.3) is 10.8 Å². The van der Waals surface area contributed by atoms with Crippen LogP contribution in [0, 0.1) is 12.8 Å². The van der Waals surface area contributed by atoms with Gasteiger partial charge in [0.15, 0.2) is 0 Å². The van der Waals surface area contributed by atoms with Crippen LogP contribution in [0.5, 0.6) is 11.5 Å². The van der Waals surface area contributed by atoms with Gasteiger partial charge < -0.3 is 9.47 Å². The van der Waals surface area contributed by atoms with Gasteiger partial charge in [-0.05, 0) is 62.3 Å². The highest BCUT2D eigenvalue weighted by Crippen LogP contribution is 2.31. The SMILES string of the molecule is Cc1cc(OCC(C)CCCl)c2cc(OC(C)C)ccc2c1. The molecule has 0 bridgehead atoms. The minimum absolute atomic E-state index is 0.163. The quantitative estimate of drug-likeness (QED) is 0.620. The van der Waals surface area contributed by atoms with Crippen LogP contribution in [-0.2, 0) is 0 Å². The largest absolute Gasteiger partial charge is 0.493 e. The zero-order valence-electron chi connectivity index (χ0n) is 13.9. The lowest BCUT2D eigenvalue weighted by Gasteiger charge is -2.16. The first kappa shape index (κ1) is 17.0. The molecule has 3 heteroatoms. The van der Waals surface area contributed by atoms with E-state index in [9.17, 15) is 0 Å². The summed E-state index contributed by atoms with van der Waals surface area (Å²) in [4.78, 5) is 0. The molecule has 0 saturated heterocycles. The first-order valence-corrected chi connectivity index (χ1v) is 8.43. The Morgan fingerprint density at radius 1 is 1.09 bits per heavy atom. The lowest BCUT2D eigenvalue weighted by Crippen LogP contribution is -2.09. The molecule has 2 aromatic carbocycles. The molecule has 1 atom stereocenters. The van der Waals surface area contributed by atoms with E-state index in [0.29, 0.717) is 18.4 Å². The third-order valence-electron chi connectivity index (χ3n) is 3.53. The van der Waals surface area contributed by atoms with Gasteiger partial charge in [0.2, 0.25) is 0 Å². The van der Waals surface area contributed by atoms with Crippen molar-refractivity contribution in [2.45, 2.75) is 40.2 Å². The van der Waals surface area contributed by atoms with E-state index in [1.807, 2.05) is 19.9 Å². The van der Waals surface area contributed by atoms with E-state index >= 15 is 0 Å². The molecule has 2 rings (SSSR count). The fourth-order valence-corrected chi connectivity index (χ4v) is 2.79. The second-order valence-electron chi connectivity index (χ2n) is 6.21. The minimum atomic E-state index is 0.163. The highest BCUT2D eigenvalue weighted by Gasteiger charge is 2.09. The monoisotopic (exact) mass is 320 g/mol. The molecule has 0 heterocycles. The van der Waals surface area contributed by atoms with Crippen molar-refractivity contribution in [3.63, 3.8) is 0 Å². The number of ether oxygens (including phenoxy) is 2. The zero-order valence-corrected chi connectivity index (χ0v) is 14.6. The Morgan fingerprint density at radius 3 is 2.55 bits per heavy atom. The maximum absolute atomic E-state index is 6.06. The van der Waals surface area contributed by atoms with Crippen molar-refractivity contribution in [1.82, 2.24) is 0 Å². The van der Waals surface area contributed by atoms with Gasteiger partial charge in [-0.3, -0.25) is 0 Å². The van der Waals surface area contributed by atoms with E-state index in [4.69, 9.17) is 21.1 Å². The van der Waals surface area contributed by atoms with Crippen LogP contribution in [0.1, 0.15) is 32.8 Å². The van der Waals surface area contributed by atoms with Gasteiger partial charge in [-0.15, -0.1) is 11.6 Å². The highest BCUT2D eigenvalue weighted by atomic mass is 35.5. The van der Waals surface area contributed by atoms with Gasteiger partial charge in [-0.2, -0.15) is 0 Å². The molecule has 0 aliphatic carbocycles. The molecule has 0 aliphatic rings. The Labute approximate surface area is 138 Å². The van der Waals surface area contributed by atoms with Crippen molar-refractivity contribution >= 4 is 22.4 Å². The molecule has 0 fully saturated rings. The first-order chi connectivity index (χ1) is 10.5. The summed E-state index contributed by atoms with van der Waals surface area (Å²) in [6.45, 7) is 9.00. The molecule has 1 unspecified atom stereocenters. The number of hydrogen-bond acceptors (Lipinski definition) is 2. The fourth-order valence-electron chi connectivity index (χ4n) is 2.41. The molecular weight excluding hydrogens is 296 g/mol. The van der Waals surface area contributed by atoms with E-state index in [-0.39, 0.29) is 6.10 Å². The summed E-state index contributed by atoms with van der Waals surface area (Å²) in [6.07, 6.45) is 1.13. The number of aryl methyl sites for hydroxylation is 1. The van der Waals surface area contributed by atoms with Crippen LogP contribution in [0.15, 0.2) is 30.3 Å². The van der Waals surface area contributed by atoms with Crippen molar-refractivity contribution in [1.29, 1.82) is 0 Å². The number of hydrogen-bond donors (Lipinski definition) is 0. The van der Waals surface area contributed by atoms with Crippen molar-refractivity contribution in [3.05, 3.63) is 35.9 Å². The molecule has 0 aliphatic heterocycles. The Kier molecular flexibility index (Phi) is 5.96. The minimum Gasteiger partial charge on any atom is -0.493 e. The topological polar surface area (TPSA) is 18.5 Å². The van der Waals surface area contributed by atoms with Gasteiger partial charge in [0.05, 0.1) is 12.7 Å². The van der Waals surface area contributed by atoms with Gasteiger partial charge in [0, 0.05) is 11.3 Å². The average Bonchev–Trinajstić information content (AvgIpc) is 2.45. The predicted molar refractivity (Wildman–Crippen MR) is 94.4 cm³/mol. The summed E-state index contributed by atoms with van der Waals surface area (Å²) >= 11 is 5.80. The summed E-state index contributed by atoms with van der Waals surface area (Å²) in [5.74, 6) is 2.92. The number of fused-ring (bicyclic) bond motifs is 1. The molecule has 22 heavy (non-hydrogen) atoms. The van der Waals surface area contributed by atoms with Crippen molar-refractivity contribution in [3.8, 4) is 11.5 Å². The normalized spacial score (nSPS) is 12.6. The van der Waals surface area contributed by atoms with Crippen LogP contribution in [0.2, 0.25) is 0 Å². The Bertz CT molecular complexity index is 622. The molecule has 0 saturated carbocycles. The molecule has 2 aromatic rings. The van der Waals surface area contributed by atoms with Crippen molar-refractivity contribution in [2.24, 2.45) is 5.92 Å². The smallest absolute Gasteiger partial charge is 0.127 e.